The van der Waals surface area contributed by atoms with Gasteiger partial charge < -0.3 is 9.47 Å². The van der Waals surface area contributed by atoms with Gasteiger partial charge >= 0.3 is 0 Å². The third kappa shape index (κ3) is 5.28. The van der Waals surface area contributed by atoms with Gasteiger partial charge in [-0.05, 0) is 18.9 Å². The topological polar surface area (TPSA) is 56.5 Å². The van der Waals surface area contributed by atoms with Crippen LogP contribution in [-0.4, -0.2) is 26.9 Å². The molecule has 4 heteroatoms. The molecule has 0 saturated heterocycles. The molecule has 0 aromatic heterocycles. The molecule has 0 spiro atoms. The lowest BCUT2D eigenvalue weighted by atomic mass is 10.0. The summed E-state index contributed by atoms with van der Waals surface area (Å²) in [5.41, 5.74) is 5.26. The van der Waals surface area contributed by atoms with Crippen LogP contribution in [0.1, 0.15) is 23.6 Å². The average molecular weight is 238 g/mol. The summed E-state index contributed by atoms with van der Waals surface area (Å²) >= 11 is 0. The van der Waals surface area contributed by atoms with Gasteiger partial charge in [0.05, 0.1) is 13.2 Å². The van der Waals surface area contributed by atoms with E-state index in [9.17, 15) is 0 Å². The van der Waals surface area contributed by atoms with Crippen molar-refractivity contribution in [2.75, 3.05) is 26.9 Å². The Morgan fingerprint density at radius 1 is 1.18 bits per heavy atom. The van der Waals surface area contributed by atoms with E-state index in [0.29, 0.717) is 19.8 Å². The quantitative estimate of drug-likeness (QED) is 0.410. The summed E-state index contributed by atoms with van der Waals surface area (Å²) in [4.78, 5) is 0. The highest BCUT2D eigenvalue weighted by Gasteiger charge is 2.08. The molecule has 4 nitrogen and oxygen atoms in total. The van der Waals surface area contributed by atoms with E-state index in [-0.39, 0.29) is 6.04 Å². The first-order chi connectivity index (χ1) is 8.27. The smallest absolute Gasteiger partial charge is 0.0700 e. The number of hydrogen-bond donors (Lipinski definition) is 2. The molecule has 0 radical (unpaired) electrons. The Morgan fingerprint density at radius 2 is 1.88 bits per heavy atom. The van der Waals surface area contributed by atoms with Crippen LogP contribution in [0.5, 0.6) is 0 Å². The van der Waals surface area contributed by atoms with Crippen LogP contribution < -0.4 is 11.3 Å². The van der Waals surface area contributed by atoms with Crippen LogP contribution in [-0.2, 0) is 9.47 Å². The van der Waals surface area contributed by atoms with Gasteiger partial charge in [-0.3, -0.25) is 11.3 Å². The highest BCUT2D eigenvalue weighted by Crippen LogP contribution is 2.16. The second kappa shape index (κ2) is 8.20. The summed E-state index contributed by atoms with van der Waals surface area (Å²) in [6.07, 6.45) is 0.850. The molecule has 0 heterocycles. The first kappa shape index (κ1) is 14.1. The molecule has 3 N–H and O–H groups in total. The van der Waals surface area contributed by atoms with Crippen LogP contribution in [0.25, 0.3) is 0 Å². The fourth-order valence-corrected chi connectivity index (χ4v) is 1.59. The number of rotatable bonds is 8. The van der Waals surface area contributed by atoms with Crippen molar-refractivity contribution in [2.45, 2.75) is 19.4 Å². The number of aryl methyl sites for hydroxylation is 1. The molecule has 0 aliphatic carbocycles. The Labute approximate surface area is 103 Å². The van der Waals surface area contributed by atoms with Crippen molar-refractivity contribution >= 4 is 0 Å². The summed E-state index contributed by atoms with van der Waals surface area (Å²) in [5.74, 6) is 5.55. The van der Waals surface area contributed by atoms with E-state index < -0.39 is 0 Å². The summed E-state index contributed by atoms with van der Waals surface area (Å²) < 4.78 is 10.3. The highest BCUT2D eigenvalue weighted by molar-refractivity contribution is 5.23. The van der Waals surface area contributed by atoms with E-state index in [0.717, 1.165) is 6.42 Å². The van der Waals surface area contributed by atoms with Gasteiger partial charge in [-0.2, -0.15) is 0 Å². The minimum atomic E-state index is 0.137. The number of hydrazine groups is 1. The number of nitrogens with one attached hydrogen (secondary N) is 1. The Morgan fingerprint density at radius 3 is 2.47 bits per heavy atom. The number of nitrogens with two attached hydrogens (primary N) is 1. The molecule has 1 unspecified atom stereocenters. The number of benzene rings is 1. The molecule has 0 aliphatic heterocycles. The van der Waals surface area contributed by atoms with Crippen molar-refractivity contribution in [2.24, 2.45) is 5.84 Å². The van der Waals surface area contributed by atoms with Crippen LogP contribution in [0.3, 0.4) is 0 Å². The number of ether oxygens (including phenoxy) is 2. The van der Waals surface area contributed by atoms with E-state index in [1.54, 1.807) is 7.11 Å². The van der Waals surface area contributed by atoms with Crippen LogP contribution in [0, 0.1) is 6.92 Å². The van der Waals surface area contributed by atoms with Gasteiger partial charge in [0.1, 0.15) is 0 Å². The van der Waals surface area contributed by atoms with E-state index >= 15 is 0 Å². The molecule has 96 valence electrons. The molecule has 0 fully saturated rings. The maximum atomic E-state index is 5.55. The Balaban J connectivity index is 2.35. The number of hydrogen-bond acceptors (Lipinski definition) is 4. The van der Waals surface area contributed by atoms with E-state index in [1.807, 2.05) is 0 Å². The second-order valence-electron chi connectivity index (χ2n) is 4.02. The molecule has 1 rings (SSSR count). The van der Waals surface area contributed by atoms with Crippen molar-refractivity contribution in [3.05, 3.63) is 35.4 Å². The summed E-state index contributed by atoms with van der Waals surface area (Å²) in [7, 11) is 1.67. The average Bonchev–Trinajstić information content (AvgIpc) is 2.35. The van der Waals surface area contributed by atoms with E-state index in [4.69, 9.17) is 15.3 Å². The first-order valence-electron chi connectivity index (χ1n) is 5.87. The zero-order valence-electron chi connectivity index (χ0n) is 10.6. The lowest BCUT2D eigenvalue weighted by Gasteiger charge is -2.16. The molecule has 17 heavy (non-hydrogen) atoms. The molecule has 0 bridgehead atoms. The second-order valence-corrected chi connectivity index (χ2v) is 4.02. The summed E-state index contributed by atoms with van der Waals surface area (Å²) in [5, 5.41) is 0. The third-order valence-corrected chi connectivity index (χ3v) is 2.66. The maximum absolute atomic E-state index is 5.55. The molecule has 1 aromatic carbocycles. The van der Waals surface area contributed by atoms with Crippen molar-refractivity contribution in [1.82, 2.24) is 5.43 Å². The molecule has 0 amide bonds. The predicted octanol–water partition coefficient (Wildman–Crippen LogP) is 1.55. The molecular weight excluding hydrogens is 216 g/mol. The minimum Gasteiger partial charge on any atom is -0.382 e. The fourth-order valence-electron chi connectivity index (χ4n) is 1.59. The number of methoxy groups -OCH3 is 1. The van der Waals surface area contributed by atoms with Crippen LogP contribution in [0.15, 0.2) is 24.3 Å². The van der Waals surface area contributed by atoms with Crippen molar-refractivity contribution in [3.8, 4) is 0 Å². The van der Waals surface area contributed by atoms with E-state index in [1.165, 1.54) is 11.1 Å². The third-order valence-electron chi connectivity index (χ3n) is 2.66. The van der Waals surface area contributed by atoms with Gasteiger partial charge in [0, 0.05) is 19.8 Å². The van der Waals surface area contributed by atoms with Crippen molar-refractivity contribution in [1.29, 1.82) is 0 Å². The molecule has 0 aliphatic rings. The highest BCUT2D eigenvalue weighted by atomic mass is 16.5. The van der Waals surface area contributed by atoms with Gasteiger partial charge in [0.15, 0.2) is 0 Å². The van der Waals surface area contributed by atoms with Crippen molar-refractivity contribution < 1.29 is 9.47 Å². The zero-order valence-corrected chi connectivity index (χ0v) is 10.6. The normalized spacial score (nSPS) is 12.6. The molecule has 0 saturated carbocycles. The van der Waals surface area contributed by atoms with Crippen LogP contribution in [0.4, 0.5) is 0 Å². The van der Waals surface area contributed by atoms with Gasteiger partial charge in [-0.15, -0.1) is 0 Å². The summed E-state index contributed by atoms with van der Waals surface area (Å²) in [6, 6.07) is 8.50. The van der Waals surface area contributed by atoms with Crippen molar-refractivity contribution in [3.63, 3.8) is 0 Å². The fraction of sp³-hybridized carbons (Fsp3) is 0.538. The lowest BCUT2D eigenvalue weighted by Crippen LogP contribution is -2.29. The Kier molecular flexibility index (Phi) is 6.81. The monoisotopic (exact) mass is 238 g/mol. The Bertz CT molecular complexity index is 301. The lowest BCUT2D eigenvalue weighted by molar-refractivity contribution is 0.0658. The molecule has 1 atom stereocenters. The first-order valence-corrected chi connectivity index (χ1v) is 5.87. The van der Waals surface area contributed by atoms with Crippen LogP contribution >= 0.6 is 0 Å². The van der Waals surface area contributed by atoms with E-state index in [2.05, 4.69) is 36.6 Å². The van der Waals surface area contributed by atoms with Gasteiger partial charge in [-0.25, -0.2) is 0 Å². The Hall–Kier alpha value is -0.940. The van der Waals surface area contributed by atoms with Gasteiger partial charge in [-0.1, -0.05) is 29.8 Å². The summed E-state index contributed by atoms with van der Waals surface area (Å²) in [6.45, 7) is 4.00. The van der Waals surface area contributed by atoms with Crippen LogP contribution in [0.2, 0.25) is 0 Å². The minimum absolute atomic E-state index is 0.137. The standard InChI is InChI=1S/C13H22N2O2/c1-11-3-5-12(6-4-11)13(15-14)7-8-17-10-9-16-2/h3-6,13,15H,7-10,14H2,1-2H3. The molecule has 1 aromatic rings. The zero-order chi connectivity index (χ0) is 12.5. The van der Waals surface area contributed by atoms with Gasteiger partial charge in [0.25, 0.3) is 0 Å². The molecular formula is C13H22N2O2. The maximum Gasteiger partial charge on any atom is 0.0700 e. The SMILES string of the molecule is COCCOCCC(NN)c1ccc(C)cc1. The van der Waals surface area contributed by atoms with Gasteiger partial charge in [0.2, 0.25) is 0 Å². The predicted molar refractivity (Wildman–Crippen MR) is 68.6 cm³/mol. The largest absolute Gasteiger partial charge is 0.382 e.